The lowest BCUT2D eigenvalue weighted by molar-refractivity contribution is -0.139. The van der Waals surface area contributed by atoms with Crippen molar-refractivity contribution < 1.29 is 19.0 Å². The lowest BCUT2D eigenvalue weighted by atomic mass is 9.78. The molecule has 2 aliphatic rings. The first kappa shape index (κ1) is 14.8. The summed E-state index contributed by atoms with van der Waals surface area (Å²) in [5, 5.41) is 3.31. The Labute approximate surface area is 130 Å². The molecule has 1 aromatic rings. The van der Waals surface area contributed by atoms with Gasteiger partial charge in [0.2, 0.25) is 0 Å². The van der Waals surface area contributed by atoms with Gasteiger partial charge in [-0.2, -0.15) is 0 Å². The van der Waals surface area contributed by atoms with Gasteiger partial charge in [-0.1, -0.05) is 12.1 Å². The first-order valence-corrected chi connectivity index (χ1v) is 7.51. The highest BCUT2D eigenvalue weighted by Crippen LogP contribution is 2.50. The van der Waals surface area contributed by atoms with Crippen molar-refractivity contribution in [2.75, 3.05) is 13.7 Å². The molecule has 0 amide bonds. The molecule has 0 spiro atoms. The number of para-hydroxylation sites is 1. The molecule has 118 valence electrons. The van der Waals surface area contributed by atoms with E-state index in [1.807, 2.05) is 39.0 Å². The first-order chi connectivity index (χ1) is 10.5. The van der Waals surface area contributed by atoms with Crippen LogP contribution in [0.25, 0.3) is 0 Å². The number of carbonyl (C=O) groups excluding carboxylic acids is 1. The molecule has 1 N–H and O–H groups in total. The van der Waals surface area contributed by atoms with Crippen molar-refractivity contribution in [2.45, 2.75) is 38.8 Å². The molecule has 0 aliphatic carbocycles. The number of ether oxygens (including phenoxy) is 3. The highest BCUT2D eigenvalue weighted by atomic mass is 16.5. The third-order valence-electron chi connectivity index (χ3n) is 4.23. The zero-order valence-corrected chi connectivity index (χ0v) is 13.4. The van der Waals surface area contributed by atoms with Gasteiger partial charge in [-0.05, 0) is 26.8 Å². The van der Waals surface area contributed by atoms with Crippen LogP contribution < -0.4 is 14.8 Å². The summed E-state index contributed by atoms with van der Waals surface area (Å²) >= 11 is 0. The second-order valence-corrected chi connectivity index (χ2v) is 5.85. The first-order valence-electron chi connectivity index (χ1n) is 7.51. The molecule has 0 aromatic heterocycles. The van der Waals surface area contributed by atoms with Crippen LogP contribution in [0.4, 0.5) is 0 Å². The minimum atomic E-state index is -0.549. The van der Waals surface area contributed by atoms with Crippen LogP contribution in [0, 0.1) is 0 Å². The number of carbonyl (C=O) groups is 1. The standard InChI is InChI=1S/C17H21NO4/c1-5-21-16(19)14-10(2)18-17(3)9-12(14)11-7-6-8-13(20-4)15(11)22-17/h6-8,12,18H,5,9H2,1-4H3. The van der Waals surface area contributed by atoms with E-state index in [1.54, 1.807) is 7.11 Å². The van der Waals surface area contributed by atoms with E-state index in [2.05, 4.69) is 5.32 Å². The van der Waals surface area contributed by atoms with Crippen LogP contribution in [0.15, 0.2) is 29.5 Å². The molecular formula is C17H21NO4. The minimum absolute atomic E-state index is 0.0517. The number of benzene rings is 1. The van der Waals surface area contributed by atoms with E-state index in [0.29, 0.717) is 30.1 Å². The fraction of sp³-hybridized carbons (Fsp3) is 0.471. The Morgan fingerprint density at radius 2 is 2.27 bits per heavy atom. The van der Waals surface area contributed by atoms with Gasteiger partial charge in [0.05, 0.1) is 19.3 Å². The molecule has 0 saturated carbocycles. The van der Waals surface area contributed by atoms with Gasteiger partial charge in [0, 0.05) is 23.6 Å². The van der Waals surface area contributed by atoms with E-state index in [0.717, 1.165) is 11.3 Å². The summed E-state index contributed by atoms with van der Waals surface area (Å²) in [6, 6.07) is 5.77. The number of fused-ring (bicyclic) bond motifs is 4. The van der Waals surface area contributed by atoms with Gasteiger partial charge < -0.3 is 19.5 Å². The number of methoxy groups -OCH3 is 1. The summed E-state index contributed by atoms with van der Waals surface area (Å²) < 4.78 is 16.8. The summed E-state index contributed by atoms with van der Waals surface area (Å²) in [4.78, 5) is 12.4. The largest absolute Gasteiger partial charge is 0.493 e. The van der Waals surface area contributed by atoms with E-state index in [1.165, 1.54) is 0 Å². The third kappa shape index (κ3) is 2.21. The van der Waals surface area contributed by atoms with Gasteiger partial charge in [-0.15, -0.1) is 0 Å². The molecule has 2 bridgehead atoms. The lowest BCUT2D eigenvalue weighted by Gasteiger charge is -2.45. The molecule has 0 fully saturated rings. The summed E-state index contributed by atoms with van der Waals surface area (Å²) in [5.74, 6) is 1.06. The van der Waals surface area contributed by atoms with Crippen LogP contribution in [0.3, 0.4) is 0 Å². The molecule has 3 rings (SSSR count). The molecule has 5 heteroatoms. The summed E-state index contributed by atoms with van der Waals surface area (Å²) in [6.07, 6.45) is 0.679. The van der Waals surface area contributed by atoms with Crippen molar-refractivity contribution >= 4 is 5.97 Å². The zero-order chi connectivity index (χ0) is 15.9. The molecule has 1 aromatic carbocycles. The van der Waals surface area contributed by atoms with Crippen molar-refractivity contribution in [1.82, 2.24) is 5.32 Å². The van der Waals surface area contributed by atoms with Crippen molar-refractivity contribution in [2.24, 2.45) is 0 Å². The average molecular weight is 303 g/mol. The Bertz CT molecular complexity index is 652. The van der Waals surface area contributed by atoms with E-state index in [-0.39, 0.29) is 11.9 Å². The number of nitrogens with one attached hydrogen (secondary N) is 1. The van der Waals surface area contributed by atoms with Gasteiger partial charge in [-0.25, -0.2) is 4.79 Å². The number of hydrogen-bond donors (Lipinski definition) is 1. The van der Waals surface area contributed by atoms with Gasteiger partial charge in [0.15, 0.2) is 17.2 Å². The lowest BCUT2D eigenvalue weighted by Crippen LogP contribution is -2.54. The second kappa shape index (κ2) is 5.23. The van der Waals surface area contributed by atoms with Gasteiger partial charge in [-0.3, -0.25) is 0 Å². The van der Waals surface area contributed by atoms with Crippen LogP contribution >= 0.6 is 0 Å². The molecule has 2 unspecified atom stereocenters. The van der Waals surface area contributed by atoms with E-state index >= 15 is 0 Å². The summed E-state index contributed by atoms with van der Waals surface area (Å²) in [6.45, 7) is 6.06. The Hall–Kier alpha value is -2.17. The van der Waals surface area contributed by atoms with Crippen LogP contribution in [-0.2, 0) is 9.53 Å². The Kier molecular flexibility index (Phi) is 3.51. The van der Waals surface area contributed by atoms with Gasteiger partial charge in [0.1, 0.15) is 0 Å². The normalized spacial score (nSPS) is 25.7. The quantitative estimate of drug-likeness (QED) is 0.870. The van der Waals surface area contributed by atoms with Crippen molar-refractivity contribution in [3.8, 4) is 11.5 Å². The average Bonchev–Trinajstić information content (AvgIpc) is 2.46. The maximum atomic E-state index is 12.4. The highest BCUT2D eigenvalue weighted by molar-refractivity contribution is 5.92. The molecule has 5 nitrogen and oxygen atoms in total. The molecule has 0 radical (unpaired) electrons. The molecule has 2 atom stereocenters. The third-order valence-corrected chi connectivity index (χ3v) is 4.23. The zero-order valence-electron chi connectivity index (χ0n) is 13.4. The SMILES string of the molecule is CCOC(=O)C1=C(C)NC2(C)CC1c1cccc(OC)c1O2. The maximum absolute atomic E-state index is 12.4. The summed E-state index contributed by atoms with van der Waals surface area (Å²) in [5.41, 5.74) is 1.91. The molecular weight excluding hydrogens is 282 g/mol. The van der Waals surface area contributed by atoms with Crippen LogP contribution in [-0.4, -0.2) is 25.4 Å². The Balaban J connectivity index is 2.14. The predicted octanol–water partition coefficient (Wildman–Crippen LogP) is 2.72. The molecule has 2 heterocycles. The van der Waals surface area contributed by atoms with Crippen LogP contribution in [0.1, 0.15) is 38.7 Å². The predicted molar refractivity (Wildman–Crippen MR) is 81.9 cm³/mol. The van der Waals surface area contributed by atoms with Crippen LogP contribution in [0.2, 0.25) is 0 Å². The minimum Gasteiger partial charge on any atom is -0.493 e. The van der Waals surface area contributed by atoms with E-state index in [9.17, 15) is 4.79 Å². The second-order valence-electron chi connectivity index (χ2n) is 5.85. The summed E-state index contributed by atoms with van der Waals surface area (Å²) in [7, 11) is 1.62. The van der Waals surface area contributed by atoms with Gasteiger partial charge >= 0.3 is 5.97 Å². The molecule has 22 heavy (non-hydrogen) atoms. The topological polar surface area (TPSA) is 56.8 Å². The number of esters is 1. The monoisotopic (exact) mass is 303 g/mol. The van der Waals surface area contributed by atoms with E-state index in [4.69, 9.17) is 14.2 Å². The van der Waals surface area contributed by atoms with Crippen molar-refractivity contribution in [3.63, 3.8) is 0 Å². The van der Waals surface area contributed by atoms with Gasteiger partial charge in [0.25, 0.3) is 0 Å². The molecule has 0 saturated heterocycles. The number of hydrogen-bond acceptors (Lipinski definition) is 5. The highest BCUT2D eigenvalue weighted by Gasteiger charge is 2.46. The van der Waals surface area contributed by atoms with E-state index < -0.39 is 5.72 Å². The fourth-order valence-electron chi connectivity index (χ4n) is 3.41. The van der Waals surface area contributed by atoms with Crippen molar-refractivity contribution in [3.05, 3.63) is 35.0 Å². The van der Waals surface area contributed by atoms with Crippen molar-refractivity contribution in [1.29, 1.82) is 0 Å². The van der Waals surface area contributed by atoms with Crippen LogP contribution in [0.5, 0.6) is 11.5 Å². The number of allylic oxidation sites excluding steroid dienone is 1. The Morgan fingerprint density at radius 1 is 1.50 bits per heavy atom. The smallest absolute Gasteiger partial charge is 0.336 e. The Morgan fingerprint density at radius 3 is 2.95 bits per heavy atom. The fourth-order valence-corrected chi connectivity index (χ4v) is 3.41. The molecule has 2 aliphatic heterocycles. The number of rotatable bonds is 3. The maximum Gasteiger partial charge on any atom is 0.336 e.